The molecule has 116 valence electrons. The van der Waals surface area contributed by atoms with Gasteiger partial charge in [0.2, 0.25) is 0 Å². The number of nitrogens with zero attached hydrogens (tertiary/aromatic N) is 1. The number of rotatable bonds is 3. The molecule has 1 amide bonds. The van der Waals surface area contributed by atoms with Crippen LogP contribution in [0.4, 0.5) is 10.1 Å². The first-order chi connectivity index (χ1) is 10.5. The van der Waals surface area contributed by atoms with E-state index in [1.165, 1.54) is 6.07 Å². The summed E-state index contributed by atoms with van der Waals surface area (Å²) in [6.45, 7) is 3.37. The first-order valence-electron chi connectivity index (χ1n) is 7.19. The lowest BCUT2D eigenvalue weighted by Gasteiger charge is -2.19. The minimum absolute atomic E-state index is 0.0669. The molecule has 0 saturated carbocycles. The number of aromatic nitrogens is 1. The molecule has 2 heterocycles. The molecular weight excluding hydrogens is 305 g/mol. The number of carbonyl (C=O) groups is 1. The number of nitrogens with one attached hydrogen (secondary N) is 2. The number of aromatic amines is 1. The highest BCUT2D eigenvalue weighted by molar-refractivity contribution is 6.31. The van der Waals surface area contributed by atoms with Crippen LogP contribution in [-0.4, -0.2) is 30.0 Å². The number of hydrogen-bond donors (Lipinski definition) is 2. The molecule has 1 aromatic heterocycles. The average molecular weight is 322 g/mol. The molecule has 22 heavy (non-hydrogen) atoms. The fraction of sp³-hybridized carbons (Fsp3) is 0.312. The Morgan fingerprint density at radius 3 is 2.95 bits per heavy atom. The van der Waals surface area contributed by atoms with E-state index in [4.69, 9.17) is 11.6 Å². The van der Waals surface area contributed by atoms with Gasteiger partial charge in [-0.2, -0.15) is 0 Å². The molecule has 0 unspecified atom stereocenters. The van der Waals surface area contributed by atoms with E-state index in [9.17, 15) is 9.18 Å². The maximum atomic E-state index is 13.2. The molecule has 1 aromatic carbocycles. The van der Waals surface area contributed by atoms with E-state index in [0.29, 0.717) is 12.1 Å². The molecule has 1 aliphatic rings. The maximum Gasteiger partial charge on any atom is 0.253 e. The van der Waals surface area contributed by atoms with Crippen LogP contribution < -0.4 is 10.2 Å². The number of halogens is 2. The second-order valence-electron chi connectivity index (χ2n) is 5.52. The Kier molecular flexibility index (Phi) is 4.07. The minimum Gasteiger partial charge on any atom is -0.369 e. The molecule has 1 atom stereocenters. The molecule has 2 N–H and O–H groups in total. The summed E-state index contributed by atoms with van der Waals surface area (Å²) < 4.78 is 13.2. The molecule has 0 aliphatic carbocycles. The predicted octanol–water partition coefficient (Wildman–Crippen LogP) is 3.12. The third kappa shape index (κ3) is 2.95. The van der Waals surface area contributed by atoms with Gasteiger partial charge in [-0.1, -0.05) is 11.6 Å². The van der Waals surface area contributed by atoms with Crippen molar-refractivity contribution < 1.29 is 9.18 Å². The van der Waals surface area contributed by atoms with Gasteiger partial charge < -0.3 is 15.2 Å². The number of amides is 1. The predicted molar refractivity (Wildman–Crippen MR) is 85.0 cm³/mol. The molecule has 4 nitrogen and oxygen atoms in total. The number of benzene rings is 1. The van der Waals surface area contributed by atoms with E-state index < -0.39 is 5.82 Å². The number of anilines is 1. The van der Waals surface area contributed by atoms with Crippen LogP contribution >= 0.6 is 11.6 Å². The van der Waals surface area contributed by atoms with Crippen molar-refractivity contribution in [2.45, 2.75) is 19.4 Å². The smallest absolute Gasteiger partial charge is 0.253 e. The Hall–Kier alpha value is -2.01. The second-order valence-corrected chi connectivity index (χ2v) is 5.93. The van der Waals surface area contributed by atoms with Crippen molar-refractivity contribution in [2.24, 2.45) is 0 Å². The van der Waals surface area contributed by atoms with Gasteiger partial charge in [0, 0.05) is 36.7 Å². The van der Waals surface area contributed by atoms with Crippen LogP contribution in [0.3, 0.4) is 0 Å². The maximum absolute atomic E-state index is 13.2. The fourth-order valence-corrected chi connectivity index (χ4v) is 2.93. The van der Waals surface area contributed by atoms with Gasteiger partial charge in [0.15, 0.2) is 0 Å². The molecule has 2 aromatic rings. The van der Waals surface area contributed by atoms with Crippen LogP contribution in [0.2, 0.25) is 5.02 Å². The van der Waals surface area contributed by atoms with Crippen LogP contribution in [0.25, 0.3) is 0 Å². The standard InChI is InChI=1S/C16H17ClFN3O/c1-10-13(4-6-19-10)16(22)20-11-5-7-21(9-11)12-2-3-15(18)14(17)8-12/h2-4,6,8,11,19H,5,7,9H2,1H3,(H,20,22)/t11-/m0/s1. The Bertz CT molecular complexity index is 700. The summed E-state index contributed by atoms with van der Waals surface area (Å²) in [7, 11) is 0. The van der Waals surface area contributed by atoms with E-state index in [2.05, 4.69) is 15.2 Å². The minimum atomic E-state index is -0.419. The zero-order valence-corrected chi connectivity index (χ0v) is 13.0. The van der Waals surface area contributed by atoms with Gasteiger partial charge in [-0.25, -0.2) is 4.39 Å². The fourth-order valence-electron chi connectivity index (χ4n) is 2.76. The van der Waals surface area contributed by atoms with Gasteiger partial charge in [-0.3, -0.25) is 4.79 Å². The third-order valence-corrected chi connectivity index (χ3v) is 4.28. The van der Waals surface area contributed by atoms with Crippen molar-refractivity contribution in [3.05, 3.63) is 52.6 Å². The summed E-state index contributed by atoms with van der Waals surface area (Å²) in [6.07, 6.45) is 2.61. The Labute approximate surface area is 133 Å². The summed E-state index contributed by atoms with van der Waals surface area (Å²) in [5, 5.41) is 3.16. The van der Waals surface area contributed by atoms with E-state index in [0.717, 1.165) is 24.3 Å². The van der Waals surface area contributed by atoms with Crippen LogP contribution in [0.15, 0.2) is 30.5 Å². The lowest BCUT2D eigenvalue weighted by Crippen LogP contribution is -2.37. The molecule has 1 saturated heterocycles. The summed E-state index contributed by atoms with van der Waals surface area (Å²) in [5.41, 5.74) is 2.40. The van der Waals surface area contributed by atoms with E-state index >= 15 is 0 Å². The average Bonchev–Trinajstić information content (AvgIpc) is 3.11. The Morgan fingerprint density at radius 2 is 2.27 bits per heavy atom. The van der Waals surface area contributed by atoms with E-state index in [1.807, 2.05) is 6.92 Å². The van der Waals surface area contributed by atoms with Gasteiger partial charge in [0.25, 0.3) is 5.91 Å². The van der Waals surface area contributed by atoms with Gasteiger partial charge in [-0.05, 0) is 37.6 Å². The van der Waals surface area contributed by atoms with Gasteiger partial charge in [-0.15, -0.1) is 0 Å². The number of carbonyl (C=O) groups excluding carboxylic acids is 1. The Morgan fingerprint density at radius 1 is 1.45 bits per heavy atom. The number of H-pyrrole nitrogens is 1. The molecule has 0 spiro atoms. The zero-order valence-electron chi connectivity index (χ0n) is 12.2. The quantitative estimate of drug-likeness (QED) is 0.912. The highest BCUT2D eigenvalue weighted by Crippen LogP contribution is 2.25. The van der Waals surface area contributed by atoms with Gasteiger partial charge in [0.1, 0.15) is 5.82 Å². The van der Waals surface area contributed by atoms with Crippen molar-refractivity contribution in [2.75, 3.05) is 18.0 Å². The summed E-state index contributed by atoms with van der Waals surface area (Å²) in [4.78, 5) is 17.3. The lowest BCUT2D eigenvalue weighted by atomic mass is 10.2. The van der Waals surface area contributed by atoms with E-state index in [1.54, 1.807) is 24.4 Å². The number of aryl methyl sites for hydroxylation is 1. The molecule has 1 aliphatic heterocycles. The van der Waals surface area contributed by atoms with Crippen molar-refractivity contribution in [3.8, 4) is 0 Å². The topological polar surface area (TPSA) is 48.1 Å². The summed E-state index contributed by atoms with van der Waals surface area (Å²) >= 11 is 5.82. The van der Waals surface area contributed by atoms with Crippen molar-refractivity contribution >= 4 is 23.2 Å². The zero-order chi connectivity index (χ0) is 15.7. The first kappa shape index (κ1) is 14.9. The van der Waals surface area contributed by atoms with Crippen LogP contribution in [0.1, 0.15) is 22.5 Å². The lowest BCUT2D eigenvalue weighted by molar-refractivity contribution is 0.0940. The van der Waals surface area contributed by atoms with Crippen molar-refractivity contribution in [3.63, 3.8) is 0 Å². The first-order valence-corrected chi connectivity index (χ1v) is 7.57. The summed E-state index contributed by atoms with van der Waals surface area (Å²) in [6, 6.07) is 6.55. The van der Waals surface area contributed by atoms with Gasteiger partial charge in [0.05, 0.1) is 10.6 Å². The van der Waals surface area contributed by atoms with Crippen LogP contribution in [0, 0.1) is 12.7 Å². The highest BCUT2D eigenvalue weighted by Gasteiger charge is 2.25. The van der Waals surface area contributed by atoms with Gasteiger partial charge >= 0.3 is 0 Å². The summed E-state index contributed by atoms with van der Waals surface area (Å²) in [5.74, 6) is -0.486. The molecule has 3 rings (SSSR count). The third-order valence-electron chi connectivity index (χ3n) is 3.99. The van der Waals surface area contributed by atoms with Crippen molar-refractivity contribution in [1.82, 2.24) is 10.3 Å². The largest absolute Gasteiger partial charge is 0.369 e. The molecule has 1 fully saturated rings. The van der Waals surface area contributed by atoms with E-state index in [-0.39, 0.29) is 17.0 Å². The van der Waals surface area contributed by atoms with Crippen LogP contribution in [-0.2, 0) is 0 Å². The number of hydrogen-bond acceptors (Lipinski definition) is 2. The molecule has 0 bridgehead atoms. The highest BCUT2D eigenvalue weighted by atomic mass is 35.5. The molecule has 0 radical (unpaired) electrons. The normalized spacial score (nSPS) is 17.8. The van der Waals surface area contributed by atoms with Crippen molar-refractivity contribution in [1.29, 1.82) is 0 Å². The van der Waals surface area contributed by atoms with Crippen LogP contribution in [0.5, 0.6) is 0 Å². The SMILES string of the molecule is Cc1[nH]ccc1C(=O)N[C@H]1CCN(c2ccc(F)c(Cl)c2)C1. The Balaban J connectivity index is 1.64. The molecule has 6 heteroatoms. The molecular formula is C16H17ClFN3O. The second kappa shape index (κ2) is 6.01. The monoisotopic (exact) mass is 321 g/mol.